The van der Waals surface area contributed by atoms with E-state index in [0.29, 0.717) is 22.6 Å². The monoisotopic (exact) mass is 545 g/mol. The number of hydrogen-bond donors (Lipinski definition) is 1. The lowest BCUT2D eigenvalue weighted by Crippen LogP contribution is -2.22. The van der Waals surface area contributed by atoms with Crippen LogP contribution in [0, 0.1) is 0 Å². The number of para-hydroxylation sites is 1. The molecule has 6 rings (SSSR count). The largest absolute Gasteiger partial charge is 0.456 e. The molecule has 6 heteroatoms. The third-order valence-electron chi connectivity index (χ3n) is 7.31. The van der Waals surface area contributed by atoms with Crippen LogP contribution in [0.3, 0.4) is 0 Å². The van der Waals surface area contributed by atoms with Gasteiger partial charge in [-0.05, 0) is 65.7 Å². The molecule has 0 atom stereocenters. The lowest BCUT2D eigenvalue weighted by molar-refractivity contribution is 0.471. The summed E-state index contributed by atoms with van der Waals surface area (Å²) in [6.45, 7) is 2.07. The Labute approximate surface area is 233 Å². The van der Waals surface area contributed by atoms with E-state index in [1.165, 1.54) is 6.07 Å². The molecular weight excluding hydrogens is 518 g/mol. The first kappa shape index (κ1) is 25.6. The lowest BCUT2D eigenvalue weighted by Gasteiger charge is -2.25. The van der Waals surface area contributed by atoms with Crippen molar-refractivity contribution in [3.63, 3.8) is 0 Å². The van der Waals surface area contributed by atoms with Crippen molar-refractivity contribution in [1.29, 1.82) is 0 Å². The minimum Gasteiger partial charge on any atom is -0.456 e. The maximum atomic E-state index is 12.4. The van der Waals surface area contributed by atoms with E-state index in [4.69, 9.17) is 4.74 Å². The summed E-state index contributed by atoms with van der Waals surface area (Å²) in [4.78, 5) is 1.92. The van der Waals surface area contributed by atoms with Crippen LogP contribution in [0.2, 0.25) is 0 Å². The molecule has 40 heavy (non-hydrogen) atoms. The van der Waals surface area contributed by atoms with Crippen LogP contribution in [0.5, 0.6) is 11.5 Å². The first-order valence-electron chi connectivity index (χ1n) is 12.9. The molecule has 1 heterocycles. The molecule has 0 fully saturated rings. The summed E-state index contributed by atoms with van der Waals surface area (Å²) in [5.74, 6) is 1.21. The SMILES string of the molecule is C/C(c1ccccc1)=c1/ccc2c(c1)Oc1cc(N(C)c3ccccc3)ccc1C=2c1ccccc1S(=O)(=O)O. The minimum absolute atomic E-state index is 0.148. The summed E-state index contributed by atoms with van der Waals surface area (Å²) >= 11 is 0. The topological polar surface area (TPSA) is 66.8 Å². The zero-order valence-corrected chi connectivity index (χ0v) is 22.9. The van der Waals surface area contributed by atoms with E-state index in [2.05, 4.69) is 24.0 Å². The molecule has 0 aromatic heterocycles. The quantitative estimate of drug-likeness (QED) is 0.259. The van der Waals surface area contributed by atoms with E-state index in [0.717, 1.165) is 38.5 Å². The second-order valence-electron chi connectivity index (χ2n) is 9.73. The zero-order valence-electron chi connectivity index (χ0n) is 22.1. The van der Waals surface area contributed by atoms with E-state index in [1.807, 2.05) is 92.0 Å². The van der Waals surface area contributed by atoms with Gasteiger partial charge in [-0.3, -0.25) is 4.55 Å². The molecule has 0 bridgehead atoms. The summed E-state index contributed by atoms with van der Waals surface area (Å²) in [7, 11) is -2.49. The molecule has 1 N–H and O–H groups in total. The molecule has 5 aromatic carbocycles. The molecule has 5 aromatic rings. The van der Waals surface area contributed by atoms with Crippen molar-refractivity contribution in [3.05, 3.63) is 148 Å². The van der Waals surface area contributed by atoms with Crippen molar-refractivity contribution >= 4 is 32.6 Å². The minimum atomic E-state index is -4.48. The smallest absolute Gasteiger partial charge is 0.295 e. The average Bonchev–Trinajstić information content (AvgIpc) is 2.99. The predicted octanol–water partition coefficient (Wildman–Crippen LogP) is 6.27. The van der Waals surface area contributed by atoms with Gasteiger partial charge in [-0.1, -0.05) is 72.8 Å². The second kappa shape index (κ2) is 10.2. The maximum Gasteiger partial charge on any atom is 0.295 e. The number of fused-ring (bicyclic) bond motifs is 2. The van der Waals surface area contributed by atoms with Gasteiger partial charge in [0.15, 0.2) is 0 Å². The Morgan fingerprint density at radius 1 is 0.700 bits per heavy atom. The van der Waals surface area contributed by atoms with Crippen LogP contribution < -0.4 is 20.1 Å². The van der Waals surface area contributed by atoms with Crippen LogP contribution in [0.25, 0.3) is 11.1 Å². The van der Waals surface area contributed by atoms with Crippen LogP contribution in [0.4, 0.5) is 11.4 Å². The van der Waals surface area contributed by atoms with Crippen LogP contribution in [0.15, 0.2) is 126 Å². The van der Waals surface area contributed by atoms with E-state index >= 15 is 0 Å². The summed E-state index contributed by atoms with van der Waals surface area (Å²) < 4.78 is 41.5. The fraction of sp³-hybridized carbons (Fsp3) is 0.0588. The Bertz CT molecular complexity index is 1970. The Morgan fingerprint density at radius 3 is 2.10 bits per heavy atom. The van der Waals surface area contributed by atoms with E-state index in [9.17, 15) is 13.0 Å². The summed E-state index contributed by atoms with van der Waals surface area (Å²) in [6, 6.07) is 38.5. The zero-order chi connectivity index (χ0) is 27.9. The molecule has 0 amide bonds. The van der Waals surface area contributed by atoms with Gasteiger partial charge in [0.2, 0.25) is 0 Å². The predicted molar refractivity (Wildman–Crippen MR) is 159 cm³/mol. The van der Waals surface area contributed by atoms with Crippen molar-refractivity contribution in [3.8, 4) is 11.5 Å². The van der Waals surface area contributed by atoms with Crippen LogP contribution in [-0.2, 0) is 10.1 Å². The molecule has 0 spiro atoms. The van der Waals surface area contributed by atoms with Crippen molar-refractivity contribution in [2.45, 2.75) is 11.8 Å². The molecule has 1 aliphatic rings. The highest BCUT2D eigenvalue weighted by Gasteiger charge is 2.26. The number of ether oxygens (including phenoxy) is 1. The normalized spacial score (nSPS) is 13.1. The van der Waals surface area contributed by atoms with Gasteiger partial charge < -0.3 is 9.64 Å². The average molecular weight is 546 g/mol. The van der Waals surface area contributed by atoms with Gasteiger partial charge in [-0.15, -0.1) is 0 Å². The Balaban J connectivity index is 1.61. The Hall–Kier alpha value is -4.65. The first-order chi connectivity index (χ1) is 19.3. The molecule has 5 nitrogen and oxygen atoms in total. The Kier molecular flexibility index (Phi) is 6.50. The summed E-state index contributed by atoms with van der Waals surface area (Å²) in [5, 5.41) is 1.74. The van der Waals surface area contributed by atoms with Crippen LogP contribution in [-0.4, -0.2) is 20.0 Å². The van der Waals surface area contributed by atoms with E-state index in [1.54, 1.807) is 18.2 Å². The molecule has 0 unspecified atom stereocenters. The van der Waals surface area contributed by atoms with Gasteiger partial charge in [0, 0.05) is 46.4 Å². The fourth-order valence-corrected chi connectivity index (χ4v) is 5.86. The second-order valence-corrected chi connectivity index (χ2v) is 11.1. The molecule has 198 valence electrons. The van der Waals surface area contributed by atoms with Crippen molar-refractivity contribution in [2.24, 2.45) is 0 Å². The first-order valence-corrected chi connectivity index (χ1v) is 14.3. The highest BCUT2D eigenvalue weighted by Crippen LogP contribution is 2.40. The van der Waals surface area contributed by atoms with Crippen LogP contribution >= 0.6 is 0 Å². The van der Waals surface area contributed by atoms with Gasteiger partial charge in [0.1, 0.15) is 16.4 Å². The molecule has 1 aliphatic heterocycles. The number of anilines is 2. The number of rotatable bonds is 5. The summed E-state index contributed by atoms with van der Waals surface area (Å²) in [5.41, 5.74) is 5.97. The number of hydrogen-bond acceptors (Lipinski definition) is 4. The fourth-order valence-electron chi connectivity index (χ4n) is 5.16. The van der Waals surface area contributed by atoms with Gasteiger partial charge >= 0.3 is 0 Å². The number of benzene rings is 5. The molecule has 0 saturated heterocycles. The van der Waals surface area contributed by atoms with Gasteiger partial charge in [-0.2, -0.15) is 8.42 Å². The standard InChI is InChI=1S/C34H27NO4S/c1-23(24-11-5-3-6-12-24)25-17-19-28-31(21-25)39-32-22-27(35(2)26-13-7-4-8-14-26)18-20-29(32)34(28)30-15-9-10-16-33(30)40(36,37)38/h3-22H,1-2H3,(H,36,37,38)/b25-23+. The summed E-state index contributed by atoms with van der Waals surface area (Å²) in [6.07, 6.45) is 0. The molecular formula is C34H27NO4S. The van der Waals surface area contributed by atoms with Gasteiger partial charge in [0.25, 0.3) is 10.1 Å². The molecule has 0 aliphatic carbocycles. The van der Waals surface area contributed by atoms with Gasteiger partial charge in [0.05, 0.1) is 0 Å². The third kappa shape index (κ3) is 4.68. The Morgan fingerprint density at radius 2 is 1.38 bits per heavy atom. The third-order valence-corrected chi connectivity index (χ3v) is 8.22. The number of nitrogens with zero attached hydrogens (tertiary/aromatic N) is 1. The van der Waals surface area contributed by atoms with Gasteiger partial charge in [-0.25, -0.2) is 0 Å². The maximum absolute atomic E-state index is 12.4. The van der Waals surface area contributed by atoms with Crippen LogP contribution in [0.1, 0.15) is 23.6 Å². The highest BCUT2D eigenvalue weighted by atomic mass is 32.2. The van der Waals surface area contributed by atoms with E-state index < -0.39 is 10.1 Å². The molecule has 0 saturated carbocycles. The van der Waals surface area contributed by atoms with Crippen molar-refractivity contribution in [2.75, 3.05) is 11.9 Å². The van der Waals surface area contributed by atoms with Crippen molar-refractivity contribution in [1.82, 2.24) is 0 Å². The highest BCUT2D eigenvalue weighted by molar-refractivity contribution is 7.86. The van der Waals surface area contributed by atoms with Crippen molar-refractivity contribution < 1.29 is 17.7 Å². The molecule has 0 radical (unpaired) electrons. The lowest BCUT2D eigenvalue weighted by atomic mass is 9.92. The van der Waals surface area contributed by atoms with E-state index in [-0.39, 0.29) is 4.90 Å².